The predicted octanol–water partition coefficient (Wildman–Crippen LogP) is 7.01. The maximum Gasteiger partial charge on any atom is 0.0908 e. The van der Waals surface area contributed by atoms with Crippen molar-refractivity contribution in [2.45, 2.75) is 98.2 Å². The van der Waals surface area contributed by atoms with Gasteiger partial charge in [-0.3, -0.25) is 0 Å². The average Bonchev–Trinajstić information content (AvgIpc) is 2.77. The van der Waals surface area contributed by atoms with Gasteiger partial charge in [0.1, 0.15) is 0 Å². The Morgan fingerprint density at radius 3 is 1.70 bits per heavy atom. The van der Waals surface area contributed by atoms with E-state index in [1.165, 1.54) is 38.5 Å². The van der Waals surface area contributed by atoms with Crippen molar-refractivity contribution in [2.75, 3.05) is 54.7 Å². The minimum Gasteiger partial charge on any atom is -0.393 e. The second-order valence-corrected chi connectivity index (χ2v) is 15.2. The minimum atomic E-state index is -2.40. The minimum absolute atomic E-state index is 0.262. The first-order valence-electron chi connectivity index (χ1n) is 13.5. The molecule has 0 aromatic heterocycles. The molecule has 0 radical (unpaired) electrons. The summed E-state index contributed by atoms with van der Waals surface area (Å²) in [6.07, 6.45) is 10.7. The first-order chi connectivity index (χ1) is 15.8. The maximum absolute atomic E-state index is 14.2. The molecule has 2 N–H and O–H groups in total. The third kappa shape index (κ3) is 19.7. The van der Waals surface area contributed by atoms with Crippen LogP contribution in [0.25, 0.3) is 0 Å². The second-order valence-electron chi connectivity index (χ2n) is 9.70. The molecule has 4 atom stereocenters. The Morgan fingerprint density at radius 1 is 0.788 bits per heavy atom. The predicted molar refractivity (Wildman–Crippen MR) is 152 cm³/mol. The van der Waals surface area contributed by atoms with Crippen LogP contribution < -0.4 is 0 Å². The van der Waals surface area contributed by atoms with Crippen molar-refractivity contribution in [1.29, 1.82) is 0 Å². The van der Waals surface area contributed by atoms with Crippen LogP contribution >= 0.6 is 30.7 Å². The van der Waals surface area contributed by atoms with E-state index in [4.69, 9.17) is 4.74 Å². The standard InChI is InChI=1S/C26H55O4PS2/c1-6-10-12-24(8-3)18-31(29,19-25(9-4)13-11-7-2)20-26(28)22-33-17-15-30-14-16-32-21-23(5)27/h23-28H,6-22H2,1-5H3. The molecular weight excluding hydrogens is 471 g/mol. The van der Waals surface area contributed by atoms with Crippen molar-refractivity contribution in [1.82, 2.24) is 0 Å². The van der Waals surface area contributed by atoms with Crippen molar-refractivity contribution < 1.29 is 19.5 Å². The van der Waals surface area contributed by atoms with Crippen LogP contribution in [0.15, 0.2) is 0 Å². The molecule has 7 heteroatoms. The number of aliphatic hydroxyl groups excluding tert-OH is 2. The lowest BCUT2D eigenvalue weighted by molar-refractivity contribution is 0.166. The molecule has 0 saturated heterocycles. The maximum atomic E-state index is 14.2. The molecule has 33 heavy (non-hydrogen) atoms. The van der Waals surface area contributed by atoms with Crippen LogP contribution in [0, 0.1) is 11.8 Å². The van der Waals surface area contributed by atoms with Gasteiger partial charge >= 0.3 is 0 Å². The monoisotopic (exact) mass is 526 g/mol. The number of aliphatic hydroxyl groups is 2. The van der Waals surface area contributed by atoms with Gasteiger partial charge in [-0.1, -0.05) is 79.1 Å². The van der Waals surface area contributed by atoms with E-state index in [9.17, 15) is 14.8 Å². The van der Waals surface area contributed by atoms with Crippen LogP contribution in [0.1, 0.15) is 86.0 Å². The van der Waals surface area contributed by atoms with E-state index in [0.29, 0.717) is 37.0 Å². The summed E-state index contributed by atoms with van der Waals surface area (Å²) in [6, 6.07) is 0. The largest absolute Gasteiger partial charge is 0.393 e. The summed E-state index contributed by atoms with van der Waals surface area (Å²) in [5.74, 6) is 4.19. The van der Waals surface area contributed by atoms with E-state index in [1.54, 1.807) is 30.4 Å². The highest BCUT2D eigenvalue weighted by Gasteiger charge is 2.31. The lowest BCUT2D eigenvalue weighted by Gasteiger charge is -2.29. The van der Waals surface area contributed by atoms with Crippen molar-refractivity contribution >= 4 is 30.7 Å². The Hall–Kier alpha value is 0.810. The number of hydrogen-bond donors (Lipinski definition) is 2. The molecule has 0 aliphatic heterocycles. The molecule has 0 fully saturated rings. The van der Waals surface area contributed by atoms with E-state index in [0.717, 1.165) is 42.4 Å². The number of hydrogen-bond acceptors (Lipinski definition) is 6. The Kier molecular flexibility index (Phi) is 22.6. The fourth-order valence-electron chi connectivity index (χ4n) is 4.25. The van der Waals surface area contributed by atoms with Crippen LogP contribution in [0.2, 0.25) is 0 Å². The van der Waals surface area contributed by atoms with Crippen molar-refractivity contribution in [3.8, 4) is 0 Å². The fraction of sp³-hybridized carbons (Fsp3) is 1.00. The average molecular weight is 527 g/mol. The van der Waals surface area contributed by atoms with E-state index >= 15 is 0 Å². The van der Waals surface area contributed by atoms with Gasteiger partial charge in [-0.15, -0.1) is 0 Å². The lowest BCUT2D eigenvalue weighted by Crippen LogP contribution is -2.23. The third-order valence-electron chi connectivity index (χ3n) is 6.23. The van der Waals surface area contributed by atoms with Gasteiger partial charge in [0.25, 0.3) is 0 Å². The quantitative estimate of drug-likeness (QED) is 0.104. The summed E-state index contributed by atoms with van der Waals surface area (Å²) in [7, 11) is -2.40. The van der Waals surface area contributed by atoms with Crippen LogP contribution in [0.4, 0.5) is 0 Å². The highest BCUT2D eigenvalue weighted by molar-refractivity contribution is 7.99. The molecule has 0 saturated carbocycles. The molecule has 0 aromatic rings. The number of ether oxygens (including phenoxy) is 1. The Bertz CT molecular complexity index is 457. The van der Waals surface area contributed by atoms with E-state index in [1.807, 2.05) is 0 Å². The van der Waals surface area contributed by atoms with Gasteiger partial charge < -0.3 is 19.5 Å². The van der Waals surface area contributed by atoms with Crippen LogP contribution in [-0.2, 0) is 9.30 Å². The van der Waals surface area contributed by atoms with Gasteiger partial charge in [-0.25, -0.2) is 0 Å². The van der Waals surface area contributed by atoms with Crippen LogP contribution in [0.5, 0.6) is 0 Å². The number of thioether (sulfide) groups is 2. The lowest BCUT2D eigenvalue weighted by atomic mass is 10.0. The molecule has 0 bridgehead atoms. The zero-order valence-electron chi connectivity index (χ0n) is 22.3. The van der Waals surface area contributed by atoms with Gasteiger partial charge in [0, 0.05) is 41.5 Å². The van der Waals surface area contributed by atoms with E-state index in [2.05, 4.69) is 27.7 Å². The summed E-state index contributed by atoms with van der Waals surface area (Å²) >= 11 is 3.41. The van der Waals surface area contributed by atoms with Crippen molar-refractivity contribution in [2.24, 2.45) is 11.8 Å². The van der Waals surface area contributed by atoms with E-state index < -0.39 is 13.2 Å². The molecule has 4 nitrogen and oxygen atoms in total. The summed E-state index contributed by atoms with van der Waals surface area (Å²) in [5, 5.41) is 20.0. The Balaban J connectivity index is 4.58. The fourth-order valence-corrected chi connectivity index (χ4v) is 10.1. The molecule has 0 rings (SSSR count). The number of unbranched alkanes of at least 4 members (excludes halogenated alkanes) is 2. The zero-order chi connectivity index (χ0) is 25.0. The highest BCUT2D eigenvalue weighted by Crippen LogP contribution is 2.51. The van der Waals surface area contributed by atoms with Gasteiger partial charge in [-0.05, 0) is 18.8 Å². The summed E-state index contributed by atoms with van der Waals surface area (Å²) < 4.78 is 19.8. The summed E-state index contributed by atoms with van der Waals surface area (Å²) in [4.78, 5) is 0. The summed E-state index contributed by atoms with van der Waals surface area (Å²) in [5.41, 5.74) is 0. The van der Waals surface area contributed by atoms with Crippen LogP contribution in [-0.4, -0.2) is 77.1 Å². The normalized spacial score (nSPS) is 17.4. The van der Waals surface area contributed by atoms with Gasteiger partial charge in [0.2, 0.25) is 0 Å². The molecule has 0 amide bonds. The Labute approximate surface area is 214 Å². The molecular formula is C26H55O4PS2. The van der Waals surface area contributed by atoms with Crippen molar-refractivity contribution in [3.63, 3.8) is 0 Å². The molecule has 0 aromatic carbocycles. The molecule has 0 aliphatic carbocycles. The Morgan fingerprint density at radius 2 is 1.27 bits per heavy atom. The van der Waals surface area contributed by atoms with Gasteiger partial charge in [0.15, 0.2) is 0 Å². The molecule has 0 spiro atoms. The second kappa shape index (κ2) is 22.0. The van der Waals surface area contributed by atoms with Crippen LogP contribution in [0.3, 0.4) is 0 Å². The molecule has 200 valence electrons. The van der Waals surface area contributed by atoms with Gasteiger partial charge in [0.05, 0.1) is 32.6 Å². The first-order valence-corrected chi connectivity index (χ1v) is 18.0. The number of rotatable bonds is 24. The third-order valence-corrected chi connectivity index (χ3v) is 11.9. The summed E-state index contributed by atoms with van der Waals surface area (Å²) in [6.45, 7) is 12.1. The smallest absolute Gasteiger partial charge is 0.0908 e. The van der Waals surface area contributed by atoms with Gasteiger partial charge in [-0.2, -0.15) is 23.5 Å². The molecule has 4 unspecified atom stereocenters. The van der Waals surface area contributed by atoms with Crippen molar-refractivity contribution in [3.05, 3.63) is 0 Å². The zero-order valence-corrected chi connectivity index (χ0v) is 24.8. The highest BCUT2D eigenvalue weighted by atomic mass is 32.2. The topological polar surface area (TPSA) is 66.8 Å². The SMILES string of the molecule is CCCCC(CC)CP(=O)(CC(O)CSCCOCCSCC(C)O)CC(CC)CCCC. The first kappa shape index (κ1) is 33.8. The van der Waals surface area contributed by atoms with E-state index in [-0.39, 0.29) is 6.10 Å². The molecule has 0 heterocycles. The molecule has 0 aliphatic rings.